The monoisotopic (exact) mass is 638 g/mol. The number of anilines is 2. The fraction of sp³-hybridized carbons (Fsp3) is 0.323. The minimum absolute atomic E-state index is 0.0637. The predicted octanol–water partition coefficient (Wildman–Crippen LogP) is 8.26. The molecule has 0 saturated heterocycles. The number of hydrogen-bond acceptors (Lipinski definition) is 7. The molecule has 1 atom stereocenters. The third-order valence-corrected chi connectivity index (χ3v) is 8.22. The normalized spacial score (nSPS) is 15.2. The first kappa shape index (κ1) is 29.9. The molecule has 13 heteroatoms. The van der Waals surface area contributed by atoms with Crippen LogP contribution < -0.4 is 10.6 Å². The van der Waals surface area contributed by atoms with Crippen molar-refractivity contribution in [2.45, 2.75) is 51.4 Å². The van der Waals surface area contributed by atoms with E-state index in [0.29, 0.717) is 45.0 Å². The van der Waals surface area contributed by atoms with Gasteiger partial charge in [0, 0.05) is 35.4 Å². The van der Waals surface area contributed by atoms with Gasteiger partial charge in [-0.3, -0.25) is 4.98 Å². The van der Waals surface area contributed by atoms with Gasteiger partial charge >= 0.3 is 6.18 Å². The molecule has 3 heterocycles. The van der Waals surface area contributed by atoms with E-state index >= 15 is 0 Å². The van der Waals surface area contributed by atoms with E-state index in [1.165, 1.54) is 12.4 Å². The Hall–Kier alpha value is -4.14. The van der Waals surface area contributed by atoms with E-state index in [2.05, 4.69) is 57.8 Å². The van der Waals surface area contributed by atoms with Crippen LogP contribution in [0.4, 0.5) is 24.5 Å². The molecular weight excluding hydrogens is 612 g/mol. The zero-order chi connectivity index (χ0) is 31.4. The second kappa shape index (κ2) is 10.8. The summed E-state index contributed by atoms with van der Waals surface area (Å²) in [5.41, 5.74) is 0.795. The van der Waals surface area contributed by atoms with Crippen LogP contribution >= 0.6 is 23.2 Å². The van der Waals surface area contributed by atoms with Crippen LogP contribution in [0.3, 0.4) is 0 Å². The van der Waals surface area contributed by atoms with Gasteiger partial charge in [0.1, 0.15) is 16.9 Å². The van der Waals surface area contributed by atoms with E-state index in [1.807, 2.05) is 24.3 Å². The smallest absolute Gasteiger partial charge is 0.383 e. The Bertz CT molecular complexity index is 1940. The highest BCUT2D eigenvalue weighted by Gasteiger charge is 2.66. The summed E-state index contributed by atoms with van der Waals surface area (Å²) < 4.78 is 42.8. The highest BCUT2D eigenvalue weighted by molar-refractivity contribution is 6.36. The number of halogens is 5. The van der Waals surface area contributed by atoms with Crippen LogP contribution in [-0.2, 0) is 5.54 Å². The Morgan fingerprint density at radius 2 is 1.84 bits per heavy atom. The van der Waals surface area contributed by atoms with Gasteiger partial charge in [-0.15, -0.1) is 5.10 Å². The number of alkyl halides is 3. The molecule has 0 amide bonds. The zero-order valence-corrected chi connectivity index (χ0v) is 25.5. The lowest BCUT2D eigenvalue weighted by Gasteiger charge is -2.23. The number of hydrogen-bond donors (Lipinski definition) is 2. The summed E-state index contributed by atoms with van der Waals surface area (Å²) in [4.78, 5) is 8.60. The topological polar surface area (TPSA) is 104 Å². The molecule has 226 valence electrons. The van der Waals surface area contributed by atoms with Gasteiger partial charge in [-0.25, -0.2) is 9.67 Å². The SMILES string of the molecule is CC(C)(C)CNc1c(C#N)cnc2c(Cl)cc(N[C@H](c3cn(C4(C(F)(F)F)CC4)nn3)c3cccc4cnc(Cl)cc34)cc12. The number of fused-ring (bicyclic) bond motifs is 2. The summed E-state index contributed by atoms with van der Waals surface area (Å²) >= 11 is 13.0. The number of nitrogens with one attached hydrogen (secondary N) is 2. The molecule has 0 unspecified atom stereocenters. The molecule has 6 rings (SSSR count). The summed E-state index contributed by atoms with van der Waals surface area (Å²) in [5.74, 6) is 0. The summed E-state index contributed by atoms with van der Waals surface area (Å²) in [6.07, 6.45) is -0.137. The molecule has 0 bridgehead atoms. The second-order valence-corrected chi connectivity index (χ2v) is 13.0. The Kier molecular flexibility index (Phi) is 7.33. The molecule has 1 saturated carbocycles. The van der Waals surface area contributed by atoms with Crippen molar-refractivity contribution < 1.29 is 13.2 Å². The first-order valence-corrected chi connectivity index (χ1v) is 14.6. The minimum atomic E-state index is -4.46. The number of rotatable bonds is 7. The average Bonchev–Trinajstić information content (AvgIpc) is 3.65. The first-order valence-electron chi connectivity index (χ1n) is 13.9. The molecule has 2 N–H and O–H groups in total. The fourth-order valence-electron chi connectivity index (χ4n) is 5.25. The largest absolute Gasteiger partial charge is 0.413 e. The standard InChI is InChI=1S/C31H27Cl2F3N8/c1-29(2,3)16-40-26-18(12-37)14-39-27-22(26)9-19(10-23(27)32)41-28(20-6-4-5-17-13-38-25(33)11-21(17)20)24-15-44(43-42-24)30(7-8-30)31(34,35)36/h4-6,9-11,13-15,28,41H,7-8,16H2,1-3H3,(H,39,40)/t28-/m0/s1. The van der Waals surface area contributed by atoms with E-state index in [9.17, 15) is 18.4 Å². The lowest BCUT2D eigenvalue weighted by atomic mass is 9.96. The number of benzene rings is 2. The van der Waals surface area contributed by atoms with Crippen LogP contribution in [0.25, 0.3) is 21.7 Å². The van der Waals surface area contributed by atoms with Crippen molar-refractivity contribution in [1.82, 2.24) is 25.0 Å². The Morgan fingerprint density at radius 1 is 1.07 bits per heavy atom. The lowest BCUT2D eigenvalue weighted by Crippen LogP contribution is -2.35. The van der Waals surface area contributed by atoms with Gasteiger partial charge in [-0.05, 0) is 47.4 Å². The van der Waals surface area contributed by atoms with Crippen LogP contribution in [0.2, 0.25) is 10.2 Å². The van der Waals surface area contributed by atoms with E-state index in [1.54, 1.807) is 18.3 Å². The van der Waals surface area contributed by atoms with Gasteiger partial charge in [-0.1, -0.05) is 67.4 Å². The van der Waals surface area contributed by atoms with Gasteiger partial charge in [0.15, 0.2) is 5.54 Å². The van der Waals surface area contributed by atoms with E-state index in [-0.39, 0.29) is 29.1 Å². The van der Waals surface area contributed by atoms with Crippen molar-refractivity contribution in [2.75, 3.05) is 17.2 Å². The molecule has 1 aliphatic rings. The van der Waals surface area contributed by atoms with Crippen LogP contribution in [-0.4, -0.2) is 37.7 Å². The minimum Gasteiger partial charge on any atom is -0.383 e. The van der Waals surface area contributed by atoms with Crippen molar-refractivity contribution in [3.05, 3.63) is 82.0 Å². The van der Waals surface area contributed by atoms with Gasteiger partial charge < -0.3 is 10.6 Å². The van der Waals surface area contributed by atoms with Gasteiger partial charge in [-0.2, -0.15) is 18.4 Å². The van der Waals surface area contributed by atoms with Crippen LogP contribution in [0, 0.1) is 16.7 Å². The summed E-state index contributed by atoms with van der Waals surface area (Å²) in [7, 11) is 0. The van der Waals surface area contributed by atoms with Crippen molar-refractivity contribution in [2.24, 2.45) is 5.41 Å². The highest BCUT2D eigenvalue weighted by atomic mass is 35.5. The lowest BCUT2D eigenvalue weighted by molar-refractivity contribution is -0.182. The molecule has 2 aromatic carbocycles. The first-order chi connectivity index (χ1) is 20.8. The molecule has 5 aromatic rings. The van der Waals surface area contributed by atoms with Crippen molar-refractivity contribution in [1.29, 1.82) is 5.26 Å². The maximum Gasteiger partial charge on any atom is 0.413 e. The van der Waals surface area contributed by atoms with Gasteiger partial charge in [0.2, 0.25) is 0 Å². The quantitative estimate of drug-likeness (QED) is 0.173. The third-order valence-electron chi connectivity index (χ3n) is 7.72. The number of nitriles is 1. The van der Waals surface area contributed by atoms with Crippen LogP contribution in [0.15, 0.2) is 55.0 Å². The zero-order valence-electron chi connectivity index (χ0n) is 24.0. The Balaban J connectivity index is 1.50. The maximum atomic E-state index is 14.0. The molecular formula is C31H27Cl2F3N8. The van der Waals surface area contributed by atoms with Crippen molar-refractivity contribution in [3.63, 3.8) is 0 Å². The fourth-order valence-corrected chi connectivity index (χ4v) is 5.67. The third kappa shape index (κ3) is 5.48. The molecule has 0 spiro atoms. The van der Waals surface area contributed by atoms with E-state index < -0.39 is 17.8 Å². The molecule has 0 radical (unpaired) electrons. The average molecular weight is 640 g/mol. The maximum absolute atomic E-state index is 14.0. The van der Waals surface area contributed by atoms with Crippen LogP contribution in [0.5, 0.6) is 0 Å². The molecule has 3 aromatic heterocycles. The van der Waals surface area contributed by atoms with Gasteiger partial charge in [0.25, 0.3) is 0 Å². The van der Waals surface area contributed by atoms with Crippen LogP contribution in [0.1, 0.15) is 56.5 Å². The molecule has 1 aliphatic carbocycles. The summed E-state index contributed by atoms with van der Waals surface area (Å²) in [6.45, 7) is 6.80. The Morgan fingerprint density at radius 3 is 2.52 bits per heavy atom. The number of nitrogens with zero attached hydrogens (tertiary/aromatic N) is 6. The number of pyridine rings is 2. The number of aromatic nitrogens is 5. The summed E-state index contributed by atoms with van der Waals surface area (Å²) in [6, 6.07) is 12.2. The molecule has 0 aliphatic heterocycles. The Labute approximate surface area is 261 Å². The molecule has 1 fully saturated rings. The molecule has 44 heavy (non-hydrogen) atoms. The van der Waals surface area contributed by atoms with E-state index in [0.717, 1.165) is 15.5 Å². The van der Waals surface area contributed by atoms with Crippen molar-refractivity contribution in [3.8, 4) is 6.07 Å². The summed E-state index contributed by atoms with van der Waals surface area (Å²) in [5, 5.41) is 27.6. The van der Waals surface area contributed by atoms with Crippen molar-refractivity contribution >= 4 is 56.3 Å². The van der Waals surface area contributed by atoms with E-state index in [4.69, 9.17) is 23.2 Å². The predicted molar refractivity (Wildman–Crippen MR) is 165 cm³/mol. The van der Waals surface area contributed by atoms with Gasteiger partial charge in [0.05, 0.1) is 34.0 Å². The second-order valence-electron chi connectivity index (χ2n) is 12.2. The molecule has 8 nitrogen and oxygen atoms in total. The highest BCUT2D eigenvalue weighted by Crippen LogP contribution is 2.55.